The smallest absolute Gasteiger partial charge is 0.476 e. The van der Waals surface area contributed by atoms with Gasteiger partial charge in [0.25, 0.3) is 0 Å². The van der Waals surface area contributed by atoms with E-state index in [1.807, 2.05) is 32.9 Å². The maximum absolute atomic E-state index is 12.6. The Bertz CT molecular complexity index is 820. The third-order valence-corrected chi connectivity index (χ3v) is 7.42. The molecule has 1 aliphatic heterocycles. The summed E-state index contributed by atoms with van der Waals surface area (Å²) in [6.07, 6.45) is 3.02. The number of benzene rings is 1. The summed E-state index contributed by atoms with van der Waals surface area (Å²) in [4.78, 5) is 12.6. The Labute approximate surface area is 184 Å². The lowest BCUT2D eigenvalue weighted by Crippen LogP contribution is -2.59. The van der Waals surface area contributed by atoms with Gasteiger partial charge in [0.2, 0.25) is 0 Å². The molecule has 1 saturated heterocycles. The molecule has 0 spiro atoms. The maximum Gasteiger partial charge on any atom is 0.476 e. The van der Waals surface area contributed by atoms with Crippen molar-refractivity contribution in [2.75, 3.05) is 7.11 Å². The molecular weight excluding hydrogens is 403 g/mol. The van der Waals surface area contributed by atoms with Crippen molar-refractivity contribution in [3.8, 4) is 5.75 Å². The summed E-state index contributed by atoms with van der Waals surface area (Å²) < 4.78 is 23.6. The van der Waals surface area contributed by atoms with Crippen LogP contribution in [0.3, 0.4) is 0 Å². The van der Waals surface area contributed by atoms with Gasteiger partial charge in [0.1, 0.15) is 16.9 Å². The van der Waals surface area contributed by atoms with Crippen LogP contribution in [0.1, 0.15) is 63.4 Å². The lowest BCUT2D eigenvalue weighted by Gasteiger charge is -2.60. The van der Waals surface area contributed by atoms with E-state index < -0.39 is 18.7 Å². The fraction of sp³-hybridized carbons (Fsp3) is 0.696. The number of hydrogen-bond donors (Lipinski definition) is 0. The molecule has 5 atom stereocenters. The lowest BCUT2D eigenvalue weighted by molar-refractivity contribution is -0.150. The SMILES string of the molecule is COc1c(CC(Cl)B2OC3CC4CC(C3O2)C4(C)C)cccc1C(=O)OC(C)(C)C. The molecule has 0 amide bonds. The number of halogens is 1. The number of alkyl halides is 1. The largest absolute Gasteiger partial charge is 0.496 e. The van der Waals surface area contributed by atoms with Crippen molar-refractivity contribution in [1.82, 2.24) is 0 Å². The van der Waals surface area contributed by atoms with E-state index in [9.17, 15) is 4.79 Å². The highest BCUT2D eigenvalue weighted by atomic mass is 35.5. The molecule has 3 saturated carbocycles. The first-order valence-corrected chi connectivity index (χ1v) is 11.3. The highest BCUT2D eigenvalue weighted by Gasteiger charge is 2.62. The van der Waals surface area contributed by atoms with Crippen LogP contribution in [-0.2, 0) is 20.5 Å². The molecule has 2 bridgehead atoms. The molecular formula is C23H32BClO5. The van der Waals surface area contributed by atoms with Gasteiger partial charge in [-0.1, -0.05) is 26.0 Å². The molecule has 0 radical (unpaired) electrons. The Kier molecular flexibility index (Phi) is 5.65. The number of carbonyl (C=O) groups is 1. The first-order valence-electron chi connectivity index (χ1n) is 10.9. The molecule has 7 heteroatoms. The minimum Gasteiger partial charge on any atom is -0.496 e. The van der Waals surface area contributed by atoms with Crippen LogP contribution in [0.5, 0.6) is 5.75 Å². The van der Waals surface area contributed by atoms with Gasteiger partial charge in [-0.2, -0.15) is 0 Å². The van der Waals surface area contributed by atoms with Gasteiger partial charge in [0.05, 0.1) is 24.6 Å². The predicted molar refractivity (Wildman–Crippen MR) is 117 cm³/mol. The molecule has 3 aliphatic carbocycles. The molecule has 5 nitrogen and oxygen atoms in total. The van der Waals surface area contributed by atoms with Crippen LogP contribution in [0.15, 0.2) is 18.2 Å². The van der Waals surface area contributed by atoms with E-state index in [1.165, 1.54) is 6.42 Å². The second-order valence-corrected chi connectivity index (χ2v) is 11.0. The van der Waals surface area contributed by atoms with Crippen molar-refractivity contribution < 1.29 is 23.6 Å². The second kappa shape index (κ2) is 7.72. The topological polar surface area (TPSA) is 54.0 Å². The molecule has 30 heavy (non-hydrogen) atoms. The average molecular weight is 435 g/mol. The van der Waals surface area contributed by atoms with Crippen molar-refractivity contribution in [3.63, 3.8) is 0 Å². The monoisotopic (exact) mass is 434 g/mol. The van der Waals surface area contributed by atoms with E-state index in [0.717, 1.165) is 12.0 Å². The highest BCUT2D eigenvalue weighted by Crippen LogP contribution is 2.61. The van der Waals surface area contributed by atoms with Gasteiger partial charge >= 0.3 is 13.1 Å². The Hall–Kier alpha value is -1.24. The van der Waals surface area contributed by atoms with E-state index in [4.69, 9.17) is 30.4 Å². The number of ether oxygens (including phenoxy) is 2. The molecule has 4 aliphatic rings. The molecule has 5 rings (SSSR count). The minimum atomic E-state index is -0.580. The quantitative estimate of drug-likeness (QED) is 0.383. The van der Waals surface area contributed by atoms with E-state index in [1.54, 1.807) is 13.2 Å². The maximum atomic E-state index is 12.6. The first kappa shape index (κ1) is 22.0. The normalized spacial score (nSPS) is 30.3. The Morgan fingerprint density at radius 1 is 1.30 bits per heavy atom. The molecule has 164 valence electrons. The van der Waals surface area contributed by atoms with Gasteiger partial charge < -0.3 is 18.8 Å². The fourth-order valence-electron chi connectivity index (χ4n) is 5.32. The molecule has 0 N–H and O–H groups in total. The number of carbonyl (C=O) groups excluding carboxylic acids is 1. The lowest BCUT2D eigenvalue weighted by atomic mass is 9.47. The highest BCUT2D eigenvalue weighted by molar-refractivity contribution is 6.59. The molecule has 1 heterocycles. The van der Waals surface area contributed by atoms with Gasteiger partial charge in [0.15, 0.2) is 0 Å². The Balaban J connectivity index is 1.47. The number of rotatable bonds is 5. The first-order chi connectivity index (χ1) is 14.0. The summed E-state index contributed by atoms with van der Waals surface area (Å²) in [7, 11) is 1.11. The Morgan fingerprint density at radius 3 is 2.67 bits per heavy atom. The average Bonchev–Trinajstić information content (AvgIpc) is 3.10. The van der Waals surface area contributed by atoms with Crippen LogP contribution in [0.2, 0.25) is 0 Å². The van der Waals surface area contributed by atoms with E-state index in [2.05, 4.69) is 13.8 Å². The van der Waals surface area contributed by atoms with E-state index in [-0.39, 0.29) is 17.5 Å². The number of para-hydroxylation sites is 1. The summed E-state index contributed by atoms with van der Waals surface area (Å²) in [5.74, 6) is 1.34. The van der Waals surface area contributed by atoms with Crippen LogP contribution in [0, 0.1) is 17.3 Å². The van der Waals surface area contributed by atoms with Crippen molar-refractivity contribution in [2.45, 2.75) is 77.0 Å². The standard InChI is InChI=1S/C23H32BClO5/c1-22(2,3)28-21(26)15-9-7-8-13(19(15)27-6)10-18(25)24-29-17-12-14-11-16(20(17)30-24)23(14,4)5/h7-9,14,16-18,20H,10-12H2,1-6H3. The van der Waals surface area contributed by atoms with Crippen LogP contribution >= 0.6 is 11.6 Å². The van der Waals surface area contributed by atoms with Crippen molar-refractivity contribution in [3.05, 3.63) is 29.3 Å². The fourth-order valence-corrected chi connectivity index (χ4v) is 5.60. The summed E-state index contributed by atoms with van der Waals surface area (Å²) >= 11 is 6.76. The van der Waals surface area contributed by atoms with E-state index >= 15 is 0 Å². The molecule has 5 unspecified atom stereocenters. The number of hydrogen-bond acceptors (Lipinski definition) is 5. The van der Waals surface area contributed by atoms with Gasteiger partial charge in [-0.05, 0) is 68.9 Å². The van der Waals surface area contributed by atoms with Crippen molar-refractivity contribution >= 4 is 24.7 Å². The summed E-state index contributed by atoms with van der Waals surface area (Å²) in [5.41, 5.74) is 0.987. The van der Waals surface area contributed by atoms with Gasteiger partial charge in [-0.15, -0.1) is 11.6 Å². The molecule has 0 aromatic heterocycles. The zero-order chi connectivity index (χ0) is 21.8. The van der Waals surface area contributed by atoms with E-state index in [0.29, 0.717) is 35.0 Å². The Morgan fingerprint density at radius 2 is 2.03 bits per heavy atom. The van der Waals surface area contributed by atoms with Crippen molar-refractivity contribution in [2.24, 2.45) is 17.3 Å². The second-order valence-electron chi connectivity index (χ2n) is 10.5. The number of esters is 1. The molecule has 1 aromatic rings. The van der Waals surface area contributed by atoms with Gasteiger partial charge in [0, 0.05) is 0 Å². The van der Waals surface area contributed by atoms with Crippen molar-refractivity contribution in [1.29, 1.82) is 0 Å². The predicted octanol–water partition coefficient (Wildman–Crippen LogP) is 4.68. The molecule has 4 fully saturated rings. The number of methoxy groups -OCH3 is 1. The third-order valence-electron chi connectivity index (χ3n) is 7.06. The van der Waals surface area contributed by atoms with Crippen LogP contribution in [-0.4, -0.2) is 43.3 Å². The van der Waals surface area contributed by atoms with Gasteiger partial charge in [-0.3, -0.25) is 0 Å². The third kappa shape index (κ3) is 3.87. The minimum absolute atomic E-state index is 0.131. The van der Waals surface area contributed by atoms with Crippen LogP contribution in [0.25, 0.3) is 0 Å². The summed E-state index contributed by atoms with van der Waals surface area (Å²) in [5, 5.41) is -0.376. The zero-order valence-electron chi connectivity index (χ0n) is 18.7. The van der Waals surface area contributed by atoms with Crippen LogP contribution in [0.4, 0.5) is 0 Å². The zero-order valence-corrected chi connectivity index (χ0v) is 19.5. The summed E-state index contributed by atoms with van der Waals surface area (Å²) in [6, 6.07) is 5.46. The van der Waals surface area contributed by atoms with Gasteiger partial charge in [-0.25, -0.2) is 4.79 Å². The van der Waals surface area contributed by atoms with Crippen LogP contribution < -0.4 is 4.74 Å². The molecule has 1 aromatic carbocycles. The summed E-state index contributed by atoms with van der Waals surface area (Å²) in [6.45, 7) is 10.2.